The third-order valence-electron chi connectivity index (χ3n) is 4.30. The highest BCUT2D eigenvalue weighted by Crippen LogP contribution is 2.14. The summed E-state index contributed by atoms with van der Waals surface area (Å²) in [5, 5.41) is 7.25. The number of hydrogen-bond acceptors (Lipinski definition) is 3. The van der Waals surface area contributed by atoms with E-state index in [4.69, 9.17) is 4.74 Å². The minimum atomic E-state index is -0.0241. The van der Waals surface area contributed by atoms with E-state index in [2.05, 4.69) is 10.4 Å². The predicted molar refractivity (Wildman–Crippen MR) is 106 cm³/mol. The van der Waals surface area contributed by atoms with Crippen molar-refractivity contribution in [3.63, 3.8) is 0 Å². The SMILES string of the molecule is Cc1cc(C)n(CC(=O)NCCc2ccc(OCc3ccccc3)cc2)n1. The second-order valence-corrected chi connectivity index (χ2v) is 6.60. The Hall–Kier alpha value is -3.08. The highest BCUT2D eigenvalue weighted by atomic mass is 16.5. The molecule has 5 heteroatoms. The largest absolute Gasteiger partial charge is 0.489 e. The maximum Gasteiger partial charge on any atom is 0.241 e. The van der Waals surface area contributed by atoms with Crippen LogP contribution in [0, 0.1) is 13.8 Å². The minimum Gasteiger partial charge on any atom is -0.489 e. The molecule has 0 saturated heterocycles. The van der Waals surface area contributed by atoms with E-state index in [1.807, 2.05) is 74.5 Å². The minimum absolute atomic E-state index is 0.0241. The molecule has 0 unspecified atom stereocenters. The summed E-state index contributed by atoms with van der Waals surface area (Å²) in [5.74, 6) is 0.820. The van der Waals surface area contributed by atoms with Crippen LogP contribution in [0.25, 0.3) is 0 Å². The van der Waals surface area contributed by atoms with Crippen molar-refractivity contribution in [1.82, 2.24) is 15.1 Å². The number of nitrogens with one attached hydrogen (secondary N) is 1. The zero-order chi connectivity index (χ0) is 19.1. The molecule has 1 heterocycles. The molecular formula is C22H25N3O2. The van der Waals surface area contributed by atoms with Crippen LogP contribution in [0.3, 0.4) is 0 Å². The first-order valence-corrected chi connectivity index (χ1v) is 9.13. The molecule has 2 aromatic carbocycles. The van der Waals surface area contributed by atoms with Crippen molar-refractivity contribution in [2.24, 2.45) is 0 Å². The summed E-state index contributed by atoms with van der Waals surface area (Å²) in [5.41, 5.74) is 4.23. The molecule has 0 bridgehead atoms. The highest BCUT2D eigenvalue weighted by Gasteiger charge is 2.06. The van der Waals surface area contributed by atoms with Gasteiger partial charge in [0.15, 0.2) is 0 Å². The molecule has 0 radical (unpaired) electrons. The van der Waals surface area contributed by atoms with Gasteiger partial charge in [-0.05, 0) is 49.6 Å². The lowest BCUT2D eigenvalue weighted by atomic mass is 10.1. The Morgan fingerprint density at radius 1 is 1.04 bits per heavy atom. The van der Waals surface area contributed by atoms with Crippen LogP contribution in [-0.4, -0.2) is 22.2 Å². The lowest BCUT2D eigenvalue weighted by Gasteiger charge is -2.09. The fourth-order valence-electron chi connectivity index (χ4n) is 2.87. The molecular weight excluding hydrogens is 338 g/mol. The smallest absolute Gasteiger partial charge is 0.241 e. The number of hydrogen-bond donors (Lipinski definition) is 1. The van der Waals surface area contributed by atoms with Gasteiger partial charge >= 0.3 is 0 Å². The van der Waals surface area contributed by atoms with Crippen LogP contribution in [-0.2, 0) is 24.4 Å². The van der Waals surface area contributed by atoms with E-state index < -0.39 is 0 Å². The molecule has 3 rings (SSSR count). The van der Waals surface area contributed by atoms with Crippen molar-refractivity contribution < 1.29 is 9.53 Å². The van der Waals surface area contributed by atoms with Crippen molar-refractivity contribution >= 4 is 5.91 Å². The van der Waals surface area contributed by atoms with Crippen LogP contribution in [0.2, 0.25) is 0 Å². The van der Waals surface area contributed by atoms with E-state index in [1.165, 1.54) is 0 Å². The van der Waals surface area contributed by atoms with Gasteiger partial charge in [0.25, 0.3) is 0 Å². The summed E-state index contributed by atoms with van der Waals surface area (Å²) in [6.45, 7) is 5.29. The van der Waals surface area contributed by atoms with Crippen molar-refractivity contribution in [2.45, 2.75) is 33.4 Å². The molecule has 0 fully saturated rings. The van der Waals surface area contributed by atoms with E-state index in [0.29, 0.717) is 13.2 Å². The second kappa shape index (κ2) is 9.03. The lowest BCUT2D eigenvalue weighted by molar-refractivity contribution is -0.121. The average molecular weight is 363 g/mol. The van der Waals surface area contributed by atoms with Gasteiger partial charge in [-0.15, -0.1) is 0 Å². The number of amides is 1. The van der Waals surface area contributed by atoms with Crippen molar-refractivity contribution in [1.29, 1.82) is 0 Å². The fourth-order valence-corrected chi connectivity index (χ4v) is 2.87. The Morgan fingerprint density at radius 2 is 1.78 bits per heavy atom. The molecule has 3 aromatic rings. The predicted octanol–water partition coefficient (Wildman–Crippen LogP) is 3.44. The summed E-state index contributed by atoms with van der Waals surface area (Å²) in [6, 6.07) is 20.1. The zero-order valence-corrected chi connectivity index (χ0v) is 15.8. The molecule has 5 nitrogen and oxygen atoms in total. The topological polar surface area (TPSA) is 56.2 Å². The van der Waals surface area contributed by atoms with Crippen LogP contribution < -0.4 is 10.1 Å². The van der Waals surface area contributed by atoms with Crippen LogP contribution in [0.5, 0.6) is 5.75 Å². The van der Waals surface area contributed by atoms with Gasteiger partial charge in [0, 0.05) is 12.2 Å². The molecule has 1 aromatic heterocycles. The summed E-state index contributed by atoms with van der Waals surface area (Å²) in [6.07, 6.45) is 0.780. The number of nitrogens with zero attached hydrogens (tertiary/aromatic N) is 2. The summed E-state index contributed by atoms with van der Waals surface area (Å²) in [4.78, 5) is 12.0. The first kappa shape index (κ1) is 18.7. The van der Waals surface area contributed by atoms with Gasteiger partial charge < -0.3 is 10.1 Å². The first-order chi connectivity index (χ1) is 13.1. The molecule has 140 valence electrons. The molecule has 1 N–H and O–H groups in total. The number of benzene rings is 2. The maximum atomic E-state index is 12.0. The van der Waals surface area contributed by atoms with Crippen LogP contribution >= 0.6 is 0 Å². The van der Waals surface area contributed by atoms with E-state index in [9.17, 15) is 4.79 Å². The van der Waals surface area contributed by atoms with Crippen molar-refractivity contribution in [3.8, 4) is 5.75 Å². The van der Waals surface area contributed by atoms with E-state index in [0.717, 1.165) is 34.7 Å². The molecule has 0 spiro atoms. The molecule has 27 heavy (non-hydrogen) atoms. The number of aromatic nitrogens is 2. The Balaban J connectivity index is 1.40. The van der Waals surface area contributed by atoms with E-state index >= 15 is 0 Å². The van der Waals surface area contributed by atoms with Gasteiger partial charge in [-0.3, -0.25) is 9.48 Å². The molecule has 1 amide bonds. The zero-order valence-electron chi connectivity index (χ0n) is 15.8. The van der Waals surface area contributed by atoms with Crippen molar-refractivity contribution in [2.75, 3.05) is 6.54 Å². The number of rotatable bonds is 8. The number of carbonyl (C=O) groups excluding carboxylic acids is 1. The molecule has 0 aliphatic rings. The maximum absolute atomic E-state index is 12.0. The highest BCUT2D eigenvalue weighted by molar-refractivity contribution is 5.75. The monoisotopic (exact) mass is 363 g/mol. The van der Waals surface area contributed by atoms with Gasteiger partial charge in [0.1, 0.15) is 18.9 Å². The number of aryl methyl sites for hydroxylation is 2. The number of ether oxygens (including phenoxy) is 1. The van der Waals surface area contributed by atoms with Gasteiger partial charge in [-0.25, -0.2) is 0 Å². The summed E-state index contributed by atoms with van der Waals surface area (Å²) < 4.78 is 7.52. The lowest BCUT2D eigenvalue weighted by Crippen LogP contribution is -2.30. The van der Waals surface area contributed by atoms with Gasteiger partial charge in [0.05, 0.1) is 5.69 Å². The average Bonchev–Trinajstić information content (AvgIpc) is 2.99. The molecule has 0 saturated carbocycles. The fraction of sp³-hybridized carbons (Fsp3) is 0.273. The first-order valence-electron chi connectivity index (χ1n) is 9.13. The third kappa shape index (κ3) is 5.71. The van der Waals surface area contributed by atoms with E-state index in [1.54, 1.807) is 4.68 Å². The Bertz CT molecular complexity index is 870. The van der Waals surface area contributed by atoms with Gasteiger partial charge in [-0.2, -0.15) is 5.10 Å². The Kier molecular flexibility index (Phi) is 6.26. The van der Waals surface area contributed by atoms with Crippen LogP contribution in [0.4, 0.5) is 0 Å². The van der Waals surface area contributed by atoms with Crippen LogP contribution in [0.1, 0.15) is 22.5 Å². The third-order valence-corrected chi connectivity index (χ3v) is 4.30. The second-order valence-electron chi connectivity index (χ2n) is 6.60. The van der Waals surface area contributed by atoms with E-state index in [-0.39, 0.29) is 12.5 Å². The van der Waals surface area contributed by atoms with Crippen LogP contribution in [0.15, 0.2) is 60.7 Å². The standard InChI is InChI=1S/C22H25N3O2/c1-17-14-18(2)25(24-17)15-22(26)23-13-12-19-8-10-21(11-9-19)27-16-20-6-4-3-5-7-20/h3-11,14H,12-13,15-16H2,1-2H3,(H,23,26). The summed E-state index contributed by atoms with van der Waals surface area (Å²) in [7, 11) is 0. The number of carbonyl (C=O) groups is 1. The Labute approximate surface area is 160 Å². The summed E-state index contributed by atoms with van der Waals surface area (Å²) >= 11 is 0. The Morgan fingerprint density at radius 3 is 2.44 bits per heavy atom. The normalized spacial score (nSPS) is 10.6. The van der Waals surface area contributed by atoms with Crippen molar-refractivity contribution in [3.05, 3.63) is 83.2 Å². The molecule has 0 atom stereocenters. The van der Waals surface area contributed by atoms with Gasteiger partial charge in [-0.1, -0.05) is 42.5 Å². The molecule has 0 aliphatic heterocycles. The van der Waals surface area contributed by atoms with Gasteiger partial charge in [0.2, 0.25) is 5.91 Å². The quantitative estimate of drug-likeness (QED) is 0.667. The molecule has 0 aliphatic carbocycles.